The first kappa shape index (κ1) is 18.1. The van der Waals surface area contributed by atoms with Crippen LogP contribution in [0.4, 0.5) is 0 Å². The Morgan fingerprint density at radius 3 is 1.94 bits per heavy atom. The van der Waals surface area contributed by atoms with Crippen LogP contribution in [0.25, 0.3) is 0 Å². The van der Waals surface area contributed by atoms with Gasteiger partial charge in [-0.25, -0.2) is 0 Å². The third-order valence-corrected chi connectivity index (χ3v) is 9.49. The molecule has 0 fully saturated rings. The van der Waals surface area contributed by atoms with Crippen LogP contribution < -0.4 is 0 Å². The van der Waals surface area contributed by atoms with Crippen LogP contribution in [-0.4, -0.2) is 22.8 Å². The maximum absolute atomic E-state index is 5.98. The van der Waals surface area contributed by atoms with Crippen molar-refractivity contribution in [2.24, 2.45) is 5.92 Å². The average Bonchev–Trinajstić information content (AvgIpc) is 2.35. The van der Waals surface area contributed by atoms with Crippen molar-refractivity contribution in [1.82, 2.24) is 0 Å². The molecule has 0 spiro atoms. The molecule has 1 atom stereocenters. The Balaban J connectivity index is 4.92. The third-order valence-electron chi connectivity index (χ3n) is 4.70. The normalized spacial score (nSPS) is 14.8. The minimum Gasteiger partial charge on any atom is -0.397 e. The van der Waals surface area contributed by atoms with Gasteiger partial charge in [0.05, 0.1) is 0 Å². The number of hydrogen-bond donors (Lipinski definition) is 0. The van der Waals surface area contributed by atoms with Crippen LogP contribution in [0.2, 0.25) is 11.1 Å². The first-order valence-electron chi connectivity index (χ1n) is 7.52. The van der Waals surface area contributed by atoms with Crippen molar-refractivity contribution >= 4 is 8.56 Å². The van der Waals surface area contributed by atoms with E-state index in [1.807, 2.05) is 14.2 Å². The molecule has 18 heavy (non-hydrogen) atoms. The van der Waals surface area contributed by atoms with E-state index in [1.54, 1.807) is 0 Å². The van der Waals surface area contributed by atoms with Gasteiger partial charge >= 0.3 is 8.56 Å². The Hall–Kier alpha value is 0.137. The van der Waals surface area contributed by atoms with Crippen molar-refractivity contribution in [3.63, 3.8) is 0 Å². The van der Waals surface area contributed by atoms with Gasteiger partial charge in [-0.15, -0.1) is 0 Å². The summed E-state index contributed by atoms with van der Waals surface area (Å²) in [5, 5.41) is 0.167. The molecule has 2 nitrogen and oxygen atoms in total. The van der Waals surface area contributed by atoms with Gasteiger partial charge in [0, 0.05) is 19.3 Å². The molecule has 0 heterocycles. The predicted molar refractivity (Wildman–Crippen MR) is 82.2 cm³/mol. The van der Waals surface area contributed by atoms with Gasteiger partial charge in [0.25, 0.3) is 0 Å². The largest absolute Gasteiger partial charge is 0.397 e. The van der Waals surface area contributed by atoms with Gasteiger partial charge in [-0.3, -0.25) is 0 Å². The van der Waals surface area contributed by atoms with Crippen LogP contribution in [-0.2, 0) is 8.85 Å². The molecule has 0 bridgehead atoms. The zero-order valence-corrected chi connectivity index (χ0v) is 14.6. The molecule has 0 aliphatic rings. The maximum atomic E-state index is 5.98. The fourth-order valence-electron chi connectivity index (χ4n) is 2.91. The molecule has 0 aromatic rings. The zero-order valence-electron chi connectivity index (χ0n) is 13.6. The van der Waals surface area contributed by atoms with Crippen LogP contribution in [0.3, 0.4) is 0 Å². The molecule has 0 N–H and O–H groups in total. The minimum atomic E-state index is -2.11. The van der Waals surface area contributed by atoms with E-state index in [0.29, 0.717) is 5.92 Å². The highest BCUT2D eigenvalue weighted by atomic mass is 28.4. The molecule has 110 valence electrons. The second-order valence-corrected chi connectivity index (χ2v) is 10.1. The van der Waals surface area contributed by atoms with E-state index in [1.165, 1.54) is 32.1 Å². The molecule has 0 aromatic carbocycles. The standard InChI is InChI=1S/C15H34O2Si/c1-8-10-11-13-18(16-6,17-7)15(4,5)14(3)12-9-2/h14H,8-13H2,1-7H3. The summed E-state index contributed by atoms with van der Waals surface area (Å²) in [4.78, 5) is 0. The lowest BCUT2D eigenvalue weighted by Gasteiger charge is -2.45. The highest BCUT2D eigenvalue weighted by Gasteiger charge is 2.52. The molecular weight excluding hydrogens is 240 g/mol. The number of rotatable bonds is 10. The molecule has 0 rings (SSSR count). The monoisotopic (exact) mass is 274 g/mol. The molecule has 0 amide bonds. The van der Waals surface area contributed by atoms with E-state index in [0.717, 1.165) is 6.04 Å². The van der Waals surface area contributed by atoms with Gasteiger partial charge in [-0.2, -0.15) is 0 Å². The zero-order chi connectivity index (χ0) is 14.2. The molecule has 0 aliphatic heterocycles. The summed E-state index contributed by atoms with van der Waals surface area (Å²) < 4.78 is 12.0. The Bertz CT molecular complexity index is 213. The summed E-state index contributed by atoms with van der Waals surface area (Å²) >= 11 is 0. The van der Waals surface area contributed by atoms with E-state index in [2.05, 4.69) is 34.6 Å². The van der Waals surface area contributed by atoms with Crippen LogP contribution >= 0.6 is 0 Å². The molecule has 0 aliphatic carbocycles. The van der Waals surface area contributed by atoms with Crippen LogP contribution in [0.1, 0.15) is 66.7 Å². The summed E-state index contributed by atoms with van der Waals surface area (Å²) in [5.41, 5.74) is 0. The Morgan fingerprint density at radius 1 is 1.00 bits per heavy atom. The summed E-state index contributed by atoms with van der Waals surface area (Å²) in [6, 6.07) is 1.12. The van der Waals surface area contributed by atoms with Crippen molar-refractivity contribution < 1.29 is 8.85 Å². The highest BCUT2D eigenvalue weighted by Crippen LogP contribution is 2.49. The molecule has 0 radical (unpaired) electrons. The van der Waals surface area contributed by atoms with Gasteiger partial charge in [-0.05, 0) is 12.0 Å². The van der Waals surface area contributed by atoms with Gasteiger partial charge in [0.1, 0.15) is 0 Å². The van der Waals surface area contributed by atoms with Gasteiger partial charge in [0.15, 0.2) is 0 Å². The molecule has 0 aromatic heterocycles. The van der Waals surface area contributed by atoms with Gasteiger partial charge < -0.3 is 8.85 Å². The lowest BCUT2D eigenvalue weighted by Crippen LogP contribution is -2.52. The van der Waals surface area contributed by atoms with E-state index >= 15 is 0 Å². The summed E-state index contributed by atoms with van der Waals surface area (Å²) in [6.45, 7) is 11.5. The molecule has 3 heteroatoms. The molecular formula is C15H34O2Si. The second-order valence-electron chi connectivity index (χ2n) is 6.03. The van der Waals surface area contributed by atoms with Crippen molar-refractivity contribution in [3.05, 3.63) is 0 Å². The lowest BCUT2D eigenvalue weighted by molar-refractivity contribution is 0.183. The van der Waals surface area contributed by atoms with Crippen molar-refractivity contribution in [3.8, 4) is 0 Å². The lowest BCUT2D eigenvalue weighted by atomic mass is 9.92. The van der Waals surface area contributed by atoms with Crippen LogP contribution in [0.15, 0.2) is 0 Å². The van der Waals surface area contributed by atoms with E-state index < -0.39 is 8.56 Å². The quantitative estimate of drug-likeness (QED) is 0.406. The van der Waals surface area contributed by atoms with E-state index in [9.17, 15) is 0 Å². The molecule has 1 unspecified atom stereocenters. The summed E-state index contributed by atoms with van der Waals surface area (Å²) in [5.74, 6) is 0.649. The molecule has 0 saturated heterocycles. The summed E-state index contributed by atoms with van der Waals surface area (Å²) in [7, 11) is 1.59. The first-order chi connectivity index (χ1) is 8.41. The fraction of sp³-hybridized carbons (Fsp3) is 1.00. The highest BCUT2D eigenvalue weighted by molar-refractivity contribution is 6.70. The van der Waals surface area contributed by atoms with E-state index in [-0.39, 0.29) is 5.04 Å². The smallest absolute Gasteiger partial charge is 0.343 e. The summed E-state index contributed by atoms with van der Waals surface area (Å²) in [6.07, 6.45) is 6.24. The van der Waals surface area contributed by atoms with Gasteiger partial charge in [-0.1, -0.05) is 66.7 Å². The number of unbranched alkanes of at least 4 members (excludes halogenated alkanes) is 2. The molecule has 0 saturated carbocycles. The predicted octanol–water partition coefficient (Wildman–Crippen LogP) is 5.13. The average molecular weight is 275 g/mol. The topological polar surface area (TPSA) is 18.5 Å². The van der Waals surface area contributed by atoms with Crippen LogP contribution in [0, 0.1) is 5.92 Å². The Labute approximate surface area is 116 Å². The van der Waals surface area contributed by atoms with Gasteiger partial charge in [0.2, 0.25) is 0 Å². The van der Waals surface area contributed by atoms with Crippen molar-refractivity contribution in [2.45, 2.75) is 77.8 Å². The maximum Gasteiger partial charge on any atom is 0.343 e. The van der Waals surface area contributed by atoms with Crippen molar-refractivity contribution in [2.75, 3.05) is 14.2 Å². The van der Waals surface area contributed by atoms with Crippen molar-refractivity contribution in [1.29, 1.82) is 0 Å². The minimum absolute atomic E-state index is 0.167. The van der Waals surface area contributed by atoms with Crippen LogP contribution in [0.5, 0.6) is 0 Å². The third kappa shape index (κ3) is 4.07. The first-order valence-corrected chi connectivity index (χ1v) is 9.54. The number of hydrogen-bond acceptors (Lipinski definition) is 2. The Kier molecular flexibility index (Phi) is 8.40. The SMILES string of the molecule is CCCCC[Si](OC)(OC)C(C)(C)C(C)CCC. The Morgan fingerprint density at radius 2 is 1.56 bits per heavy atom. The van der Waals surface area contributed by atoms with E-state index in [4.69, 9.17) is 8.85 Å². The second kappa shape index (κ2) is 8.34. The fourth-order valence-corrected chi connectivity index (χ4v) is 6.79.